The minimum atomic E-state index is -0.468. The van der Waals surface area contributed by atoms with Gasteiger partial charge in [0.25, 0.3) is 0 Å². The topological polar surface area (TPSA) is 50.4 Å². The first kappa shape index (κ1) is 15.3. The van der Waals surface area contributed by atoms with E-state index in [9.17, 15) is 4.79 Å². The highest BCUT2D eigenvalue weighted by molar-refractivity contribution is 6.31. The van der Waals surface area contributed by atoms with E-state index < -0.39 is 5.41 Å². The van der Waals surface area contributed by atoms with Crippen molar-refractivity contribution in [1.29, 1.82) is 0 Å². The number of ether oxygens (including phenoxy) is 1. The summed E-state index contributed by atoms with van der Waals surface area (Å²) in [5, 5.41) is 6.97. The zero-order valence-electron chi connectivity index (χ0n) is 11.9. The SMILES string of the molecule is COCC1(C(=O)NC(C)c2ccccc2Cl)CCNC1. The number of rotatable bonds is 5. The van der Waals surface area contributed by atoms with E-state index in [1.54, 1.807) is 7.11 Å². The molecule has 2 N–H and O–H groups in total. The molecule has 2 rings (SSSR count). The molecule has 1 aromatic carbocycles. The van der Waals surface area contributed by atoms with E-state index in [0.29, 0.717) is 18.2 Å². The molecule has 20 heavy (non-hydrogen) atoms. The standard InChI is InChI=1S/C15H21ClN2O2/c1-11(12-5-3-4-6-13(12)16)18-14(19)15(10-20-2)7-8-17-9-15/h3-6,11,17H,7-10H2,1-2H3,(H,18,19). The Bertz CT molecular complexity index is 473. The molecule has 1 aliphatic heterocycles. The van der Waals surface area contributed by atoms with E-state index in [-0.39, 0.29) is 11.9 Å². The van der Waals surface area contributed by atoms with Crippen molar-refractivity contribution in [1.82, 2.24) is 10.6 Å². The first-order valence-corrected chi connectivity index (χ1v) is 7.22. The van der Waals surface area contributed by atoms with E-state index >= 15 is 0 Å². The molecule has 4 nitrogen and oxygen atoms in total. The van der Waals surface area contributed by atoms with Crippen molar-refractivity contribution in [2.75, 3.05) is 26.8 Å². The molecule has 1 aromatic rings. The highest BCUT2D eigenvalue weighted by Gasteiger charge is 2.41. The van der Waals surface area contributed by atoms with Crippen LogP contribution in [0, 0.1) is 5.41 Å². The first-order chi connectivity index (χ1) is 9.59. The van der Waals surface area contributed by atoms with Crippen LogP contribution in [0.25, 0.3) is 0 Å². The monoisotopic (exact) mass is 296 g/mol. The maximum absolute atomic E-state index is 12.6. The smallest absolute Gasteiger partial charge is 0.230 e. The average Bonchev–Trinajstić information content (AvgIpc) is 2.89. The molecule has 1 heterocycles. The van der Waals surface area contributed by atoms with Gasteiger partial charge in [0.05, 0.1) is 18.1 Å². The van der Waals surface area contributed by atoms with Gasteiger partial charge in [0.15, 0.2) is 0 Å². The number of halogens is 1. The fourth-order valence-electron chi connectivity index (χ4n) is 2.66. The predicted molar refractivity (Wildman–Crippen MR) is 79.8 cm³/mol. The summed E-state index contributed by atoms with van der Waals surface area (Å²) in [5.41, 5.74) is 0.464. The first-order valence-electron chi connectivity index (χ1n) is 6.84. The Kier molecular flexibility index (Phi) is 5.02. The molecule has 1 amide bonds. The number of methoxy groups -OCH3 is 1. The van der Waals surface area contributed by atoms with Gasteiger partial charge in [-0.25, -0.2) is 0 Å². The lowest BCUT2D eigenvalue weighted by atomic mass is 9.86. The Morgan fingerprint density at radius 2 is 2.30 bits per heavy atom. The molecule has 110 valence electrons. The second-order valence-electron chi connectivity index (χ2n) is 5.36. The molecule has 1 saturated heterocycles. The van der Waals surface area contributed by atoms with E-state index in [2.05, 4.69) is 10.6 Å². The average molecular weight is 297 g/mol. The van der Waals surface area contributed by atoms with E-state index in [1.165, 1.54) is 0 Å². The maximum Gasteiger partial charge on any atom is 0.230 e. The predicted octanol–water partition coefficient (Wildman–Crippen LogP) is 2.14. The van der Waals surface area contributed by atoms with Crippen LogP contribution in [0.2, 0.25) is 5.02 Å². The molecule has 1 aliphatic rings. The second kappa shape index (κ2) is 6.57. The molecular weight excluding hydrogens is 276 g/mol. The fraction of sp³-hybridized carbons (Fsp3) is 0.533. The summed E-state index contributed by atoms with van der Waals surface area (Å²) in [4.78, 5) is 12.6. The maximum atomic E-state index is 12.6. The van der Waals surface area contributed by atoms with Gasteiger partial charge in [-0.1, -0.05) is 29.8 Å². The Labute approximate surface area is 124 Å². The highest BCUT2D eigenvalue weighted by atomic mass is 35.5. The van der Waals surface area contributed by atoms with Crippen molar-refractivity contribution in [3.63, 3.8) is 0 Å². The largest absolute Gasteiger partial charge is 0.384 e. The van der Waals surface area contributed by atoms with Crippen molar-refractivity contribution in [2.24, 2.45) is 5.41 Å². The Morgan fingerprint density at radius 1 is 1.55 bits per heavy atom. The quantitative estimate of drug-likeness (QED) is 0.875. The third kappa shape index (κ3) is 3.14. The van der Waals surface area contributed by atoms with Crippen LogP contribution in [0.4, 0.5) is 0 Å². The van der Waals surface area contributed by atoms with Gasteiger partial charge in [0.2, 0.25) is 5.91 Å². The Hall–Kier alpha value is -1.10. The third-order valence-corrected chi connectivity index (χ3v) is 4.21. The normalized spacial score (nSPS) is 23.6. The molecule has 0 aliphatic carbocycles. The second-order valence-corrected chi connectivity index (χ2v) is 5.76. The van der Waals surface area contributed by atoms with Crippen molar-refractivity contribution >= 4 is 17.5 Å². The molecule has 0 saturated carbocycles. The number of nitrogens with one attached hydrogen (secondary N) is 2. The van der Waals surface area contributed by atoms with Gasteiger partial charge in [-0.2, -0.15) is 0 Å². The molecular formula is C15H21ClN2O2. The number of hydrogen-bond donors (Lipinski definition) is 2. The van der Waals surface area contributed by atoms with Crippen LogP contribution in [-0.4, -0.2) is 32.7 Å². The van der Waals surface area contributed by atoms with Gasteiger partial charge in [0, 0.05) is 18.7 Å². The third-order valence-electron chi connectivity index (χ3n) is 3.87. The van der Waals surface area contributed by atoms with Crippen molar-refractivity contribution in [2.45, 2.75) is 19.4 Å². The van der Waals surface area contributed by atoms with Crippen LogP contribution in [0.3, 0.4) is 0 Å². The van der Waals surface area contributed by atoms with Gasteiger partial charge >= 0.3 is 0 Å². The number of carbonyl (C=O) groups is 1. The molecule has 0 aromatic heterocycles. The van der Waals surface area contributed by atoms with Gasteiger partial charge in [-0.3, -0.25) is 4.79 Å². The molecule has 0 bridgehead atoms. The summed E-state index contributed by atoms with van der Waals surface area (Å²) in [5.74, 6) is 0.0248. The number of hydrogen-bond acceptors (Lipinski definition) is 3. The van der Waals surface area contributed by atoms with Crippen LogP contribution in [0.15, 0.2) is 24.3 Å². The van der Waals surface area contributed by atoms with Crippen molar-refractivity contribution in [3.8, 4) is 0 Å². The molecule has 5 heteroatoms. The number of amides is 1. The van der Waals surface area contributed by atoms with Crippen molar-refractivity contribution < 1.29 is 9.53 Å². The highest BCUT2D eigenvalue weighted by Crippen LogP contribution is 2.28. The van der Waals surface area contributed by atoms with E-state index in [0.717, 1.165) is 18.5 Å². The lowest BCUT2D eigenvalue weighted by Gasteiger charge is -2.28. The number of benzene rings is 1. The van der Waals surface area contributed by atoms with Gasteiger partial charge < -0.3 is 15.4 Å². The van der Waals surface area contributed by atoms with E-state index in [1.807, 2.05) is 31.2 Å². The summed E-state index contributed by atoms with van der Waals surface area (Å²) < 4.78 is 5.23. The molecule has 1 fully saturated rings. The van der Waals surface area contributed by atoms with E-state index in [4.69, 9.17) is 16.3 Å². The van der Waals surface area contributed by atoms with Crippen molar-refractivity contribution in [3.05, 3.63) is 34.9 Å². The number of carbonyl (C=O) groups excluding carboxylic acids is 1. The minimum absolute atomic E-state index is 0.0248. The Morgan fingerprint density at radius 3 is 2.90 bits per heavy atom. The minimum Gasteiger partial charge on any atom is -0.384 e. The molecule has 2 atom stereocenters. The summed E-state index contributed by atoms with van der Waals surface area (Å²) in [6.45, 7) is 3.88. The molecule has 2 unspecified atom stereocenters. The fourth-order valence-corrected chi connectivity index (χ4v) is 2.96. The summed E-state index contributed by atoms with van der Waals surface area (Å²) in [7, 11) is 1.63. The van der Waals surface area contributed by atoms with Gasteiger partial charge in [-0.05, 0) is 31.5 Å². The lowest BCUT2D eigenvalue weighted by Crippen LogP contribution is -2.46. The Balaban J connectivity index is 2.08. The zero-order chi connectivity index (χ0) is 14.6. The summed E-state index contributed by atoms with van der Waals surface area (Å²) in [6.07, 6.45) is 0.794. The summed E-state index contributed by atoms with van der Waals surface area (Å²) in [6, 6.07) is 7.45. The van der Waals surface area contributed by atoms with Crippen LogP contribution < -0.4 is 10.6 Å². The summed E-state index contributed by atoms with van der Waals surface area (Å²) >= 11 is 6.17. The van der Waals surface area contributed by atoms with Gasteiger partial charge in [-0.15, -0.1) is 0 Å². The molecule has 0 radical (unpaired) electrons. The van der Waals surface area contributed by atoms with Crippen LogP contribution in [-0.2, 0) is 9.53 Å². The van der Waals surface area contributed by atoms with Crippen LogP contribution in [0.5, 0.6) is 0 Å². The molecule has 0 spiro atoms. The zero-order valence-corrected chi connectivity index (χ0v) is 12.7. The lowest BCUT2D eigenvalue weighted by molar-refractivity contribution is -0.133. The van der Waals surface area contributed by atoms with Crippen LogP contribution in [0.1, 0.15) is 24.9 Å². The van der Waals surface area contributed by atoms with Gasteiger partial charge in [0.1, 0.15) is 0 Å². The van der Waals surface area contributed by atoms with Crippen LogP contribution >= 0.6 is 11.6 Å².